The summed E-state index contributed by atoms with van der Waals surface area (Å²) in [7, 11) is 1.70. The molecule has 1 aliphatic heterocycles. The Kier molecular flexibility index (Phi) is 1.65. The molecule has 1 aliphatic rings. The maximum absolute atomic E-state index is 11.3. The van der Waals surface area contributed by atoms with Gasteiger partial charge in [-0.3, -0.25) is 9.69 Å². The summed E-state index contributed by atoms with van der Waals surface area (Å²) in [6.45, 7) is 2.14. The molecule has 0 aliphatic carbocycles. The molecular weight excluding hydrogens is 168 g/mol. The zero-order valence-corrected chi connectivity index (χ0v) is 7.53. The van der Waals surface area contributed by atoms with Crippen molar-refractivity contribution in [3.63, 3.8) is 0 Å². The van der Waals surface area contributed by atoms with E-state index in [0.29, 0.717) is 18.2 Å². The van der Waals surface area contributed by atoms with E-state index in [9.17, 15) is 4.79 Å². The lowest BCUT2D eigenvalue weighted by Gasteiger charge is -2.24. The minimum atomic E-state index is 0.00685. The molecule has 1 amide bonds. The number of carbonyl (C=O) groups excluding carboxylic acids is 1. The number of amides is 1. The van der Waals surface area contributed by atoms with Crippen molar-refractivity contribution in [2.75, 3.05) is 23.8 Å². The molecule has 0 saturated heterocycles. The Morgan fingerprint density at radius 1 is 1.62 bits per heavy atom. The fraction of sp³-hybridized carbons (Fsp3) is 0.375. The van der Waals surface area contributed by atoms with Gasteiger partial charge in [-0.25, -0.2) is 9.97 Å². The van der Waals surface area contributed by atoms with Crippen LogP contribution in [-0.4, -0.2) is 29.5 Å². The Labute approximate surface area is 75.8 Å². The van der Waals surface area contributed by atoms with Crippen LogP contribution in [0.3, 0.4) is 0 Å². The van der Waals surface area contributed by atoms with Crippen LogP contribution in [0.5, 0.6) is 0 Å². The third kappa shape index (κ3) is 1.22. The van der Waals surface area contributed by atoms with E-state index in [4.69, 9.17) is 0 Å². The lowest BCUT2D eigenvalue weighted by molar-refractivity contribution is -0.116. The third-order valence-corrected chi connectivity index (χ3v) is 1.97. The van der Waals surface area contributed by atoms with Gasteiger partial charge in [0.15, 0.2) is 11.6 Å². The molecule has 1 aromatic rings. The first-order valence-corrected chi connectivity index (χ1v) is 4.02. The second-order valence-corrected chi connectivity index (χ2v) is 2.99. The predicted molar refractivity (Wildman–Crippen MR) is 48.7 cm³/mol. The molecule has 0 atom stereocenters. The lowest BCUT2D eigenvalue weighted by Crippen LogP contribution is -2.38. The number of aryl methyl sites for hydroxylation is 1. The third-order valence-electron chi connectivity index (χ3n) is 1.97. The average Bonchev–Trinajstić information content (AvgIpc) is 2.12. The van der Waals surface area contributed by atoms with Crippen LogP contribution < -0.4 is 10.2 Å². The van der Waals surface area contributed by atoms with Crippen LogP contribution in [-0.2, 0) is 4.79 Å². The van der Waals surface area contributed by atoms with Gasteiger partial charge in [0.1, 0.15) is 0 Å². The van der Waals surface area contributed by atoms with Crippen molar-refractivity contribution in [1.29, 1.82) is 0 Å². The van der Waals surface area contributed by atoms with Gasteiger partial charge in [0.25, 0.3) is 0 Å². The largest absolute Gasteiger partial charge is 0.358 e. The first kappa shape index (κ1) is 7.97. The number of aromatic nitrogens is 2. The second-order valence-electron chi connectivity index (χ2n) is 2.99. The summed E-state index contributed by atoms with van der Waals surface area (Å²) in [5, 5.41) is 2.91. The highest BCUT2D eigenvalue weighted by Crippen LogP contribution is 2.22. The zero-order valence-electron chi connectivity index (χ0n) is 7.53. The molecule has 5 heteroatoms. The first-order chi connectivity index (χ1) is 6.18. The van der Waals surface area contributed by atoms with Gasteiger partial charge in [0.05, 0.1) is 18.4 Å². The Hall–Kier alpha value is -1.65. The number of nitrogens with one attached hydrogen (secondary N) is 1. The SMILES string of the molecule is Cc1cnc2c(n1)N(C)C(=O)CN2. The molecule has 0 unspecified atom stereocenters. The van der Waals surface area contributed by atoms with E-state index in [1.807, 2.05) is 6.92 Å². The quantitative estimate of drug-likeness (QED) is 0.615. The number of carbonyl (C=O) groups is 1. The summed E-state index contributed by atoms with van der Waals surface area (Å²) < 4.78 is 0. The summed E-state index contributed by atoms with van der Waals surface area (Å²) in [5.74, 6) is 1.29. The number of fused-ring (bicyclic) bond motifs is 1. The van der Waals surface area contributed by atoms with Crippen molar-refractivity contribution in [1.82, 2.24) is 9.97 Å². The molecule has 5 nitrogen and oxygen atoms in total. The number of anilines is 2. The molecule has 0 fully saturated rings. The molecule has 0 saturated carbocycles. The van der Waals surface area contributed by atoms with Crippen LogP contribution in [0, 0.1) is 6.92 Å². The number of nitrogens with zero attached hydrogens (tertiary/aromatic N) is 3. The zero-order chi connectivity index (χ0) is 9.42. The van der Waals surface area contributed by atoms with Gasteiger partial charge >= 0.3 is 0 Å². The van der Waals surface area contributed by atoms with Gasteiger partial charge in [-0.05, 0) is 6.92 Å². The van der Waals surface area contributed by atoms with E-state index in [1.54, 1.807) is 13.2 Å². The van der Waals surface area contributed by atoms with E-state index in [0.717, 1.165) is 5.69 Å². The molecule has 13 heavy (non-hydrogen) atoms. The minimum Gasteiger partial charge on any atom is -0.358 e. The highest BCUT2D eigenvalue weighted by atomic mass is 16.2. The molecule has 0 bridgehead atoms. The maximum Gasteiger partial charge on any atom is 0.247 e. The Bertz CT molecular complexity index is 363. The Balaban J connectivity index is 2.51. The van der Waals surface area contributed by atoms with E-state index >= 15 is 0 Å². The Morgan fingerprint density at radius 2 is 2.38 bits per heavy atom. The number of rotatable bonds is 0. The number of hydrogen-bond acceptors (Lipinski definition) is 4. The summed E-state index contributed by atoms with van der Waals surface area (Å²) >= 11 is 0. The number of likely N-dealkylation sites (N-methyl/N-ethyl adjacent to an activating group) is 1. The van der Waals surface area contributed by atoms with Gasteiger partial charge in [-0.2, -0.15) is 0 Å². The summed E-state index contributed by atoms with van der Waals surface area (Å²) in [6.07, 6.45) is 1.68. The van der Waals surface area contributed by atoms with E-state index in [2.05, 4.69) is 15.3 Å². The van der Waals surface area contributed by atoms with E-state index < -0.39 is 0 Å². The molecule has 68 valence electrons. The molecule has 2 rings (SSSR count). The predicted octanol–water partition coefficient (Wildman–Crippen LogP) is 0.173. The first-order valence-electron chi connectivity index (χ1n) is 4.02. The van der Waals surface area contributed by atoms with Crippen molar-refractivity contribution in [3.8, 4) is 0 Å². The molecule has 1 aromatic heterocycles. The van der Waals surface area contributed by atoms with Crippen LogP contribution in [0.1, 0.15) is 5.69 Å². The monoisotopic (exact) mass is 178 g/mol. The fourth-order valence-electron chi connectivity index (χ4n) is 1.22. The normalized spacial score (nSPS) is 15.2. The maximum atomic E-state index is 11.3. The van der Waals surface area contributed by atoms with Gasteiger partial charge in [0, 0.05) is 7.05 Å². The van der Waals surface area contributed by atoms with Crippen molar-refractivity contribution in [2.45, 2.75) is 6.92 Å². The highest BCUT2D eigenvalue weighted by molar-refractivity contribution is 6.00. The summed E-state index contributed by atoms with van der Waals surface area (Å²) in [4.78, 5) is 21.1. The van der Waals surface area contributed by atoms with Gasteiger partial charge < -0.3 is 5.32 Å². The molecule has 2 heterocycles. The van der Waals surface area contributed by atoms with E-state index in [-0.39, 0.29) is 5.91 Å². The average molecular weight is 178 g/mol. The smallest absolute Gasteiger partial charge is 0.247 e. The van der Waals surface area contributed by atoms with E-state index in [1.165, 1.54) is 4.90 Å². The van der Waals surface area contributed by atoms with Crippen LogP contribution in [0.25, 0.3) is 0 Å². The van der Waals surface area contributed by atoms with Gasteiger partial charge in [-0.1, -0.05) is 0 Å². The number of hydrogen-bond donors (Lipinski definition) is 1. The van der Waals surface area contributed by atoms with Gasteiger partial charge in [-0.15, -0.1) is 0 Å². The molecule has 1 N–H and O–H groups in total. The molecular formula is C8H10N4O. The fourth-order valence-corrected chi connectivity index (χ4v) is 1.22. The Morgan fingerprint density at radius 3 is 3.15 bits per heavy atom. The van der Waals surface area contributed by atoms with Crippen molar-refractivity contribution in [2.24, 2.45) is 0 Å². The van der Waals surface area contributed by atoms with Crippen LogP contribution in [0.2, 0.25) is 0 Å². The topological polar surface area (TPSA) is 58.1 Å². The summed E-state index contributed by atoms with van der Waals surface area (Å²) in [5.41, 5.74) is 0.808. The standard InChI is InChI=1S/C8H10N4O/c1-5-3-9-7-8(11-5)12(2)6(13)4-10-7/h3H,4H2,1-2H3,(H,9,10). The van der Waals surface area contributed by atoms with Crippen molar-refractivity contribution >= 4 is 17.5 Å². The van der Waals surface area contributed by atoms with Gasteiger partial charge in [0.2, 0.25) is 5.91 Å². The second kappa shape index (κ2) is 2.69. The summed E-state index contributed by atoms with van der Waals surface area (Å²) in [6, 6.07) is 0. The van der Waals surface area contributed by atoms with Crippen LogP contribution in [0.4, 0.5) is 11.6 Å². The molecule has 0 spiro atoms. The highest BCUT2D eigenvalue weighted by Gasteiger charge is 2.22. The van der Waals surface area contributed by atoms with Crippen molar-refractivity contribution < 1.29 is 4.79 Å². The molecule has 0 aromatic carbocycles. The van der Waals surface area contributed by atoms with Crippen LogP contribution >= 0.6 is 0 Å². The van der Waals surface area contributed by atoms with Crippen molar-refractivity contribution in [3.05, 3.63) is 11.9 Å². The lowest BCUT2D eigenvalue weighted by atomic mass is 10.3. The minimum absolute atomic E-state index is 0.00685. The molecule has 0 radical (unpaired) electrons. The van der Waals surface area contributed by atoms with Crippen LogP contribution in [0.15, 0.2) is 6.20 Å².